The maximum absolute atomic E-state index is 13.6. The zero-order valence-corrected chi connectivity index (χ0v) is 11.8. The van der Waals surface area contributed by atoms with Gasteiger partial charge in [-0.25, -0.2) is 9.07 Å². The van der Waals surface area contributed by atoms with E-state index in [0.29, 0.717) is 12.1 Å². The van der Waals surface area contributed by atoms with Crippen LogP contribution in [0.5, 0.6) is 0 Å². The molecule has 1 N–H and O–H groups in total. The molecule has 3 nitrogen and oxygen atoms in total. The molecule has 0 amide bonds. The zero-order valence-electron chi connectivity index (χ0n) is 11.8. The quantitative estimate of drug-likeness (QED) is 0.785. The van der Waals surface area contributed by atoms with Gasteiger partial charge in [-0.3, -0.25) is 0 Å². The summed E-state index contributed by atoms with van der Waals surface area (Å²) in [7, 11) is 0. The first-order valence-electron chi connectivity index (χ1n) is 6.82. The molecule has 0 atom stereocenters. The number of anilines is 1. The number of nitrogens with zero attached hydrogens (tertiary/aromatic N) is 2. The normalized spacial score (nSPS) is 10.6. The number of halogens is 1. The molecule has 0 spiro atoms. The Labute approximate surface area is 123 Å². The van der Waals surface area contributed by atoms with Gasteiger partial charge in [0.1, 0.15) is 5.82 Å². The number of aryl methyl sites for hydroxylation is 1. The van der Waals surface area contributed by atoms with Crippen LogP contribution in [0.4, 0.5) is 10.1 Å². The number of para-hydroxylation sites is 2. The van der Waals surface area contributed by atoms with Gasteiger partial charge in [0.15, 0.2) is 0 Å². The summed E-state index contributed by atoms with van der Waals surface area (Å²) in [6.07, 6.45) is 3.64. The van der Waals surface area contributed by atoms with Crippen molar-refractivity contribution in [3.63, 3.8) is 0 Å². The summed E-state index contributed by atoms with van der Waals surface area (Å²) in [5.41, 5.74) is 3.50. The summed E-state index contributed by atoms with van der Waals surface area (Å²) in [5.74, 6) is -0.172. The van der Waals surface area contributed by atoms with Crippen molar-refractivity contribution < 1.29 is 4.39 Å². The van der Waals surface area contributed by atoms with Crippen molar-refractivity contribution in [1.29, 1.82) is 0 Å². The minimum Gasteiger partial charge on any atom is -0.379 e. The predicted octanol–water partition coefficient (Wildman–Crippen LogP) is 3.93. The summed E-state index contributed by atoms with van der Waals surface area (Å²) in [4.78, 5) is 0. The van der Waals surface area contributed by atoms with Crippen LogP contribution in [0.25, 0.3) is 5.69 Å². The minimum absolute atomic E-state index is 0.172. The van der Waals surface area contributed by atoms with Gasteiger partial charge in [-0.05, 0) is 42.3 Å². The predicted molar refractivity (Wildman–Crippen MR) is 82.0 cm³/mol. The SMILES string of the molecule is Cc1ccc(CNc2ccccc2-n2cccn2)cc1F. The molecule has 1 aromatic heterocycles. The molecule has 0 radical (unpaired) electrons. The molecule has 106 valence electrons. The van der Waals surface area contributed by atoms with Crippen LogP contribution in [0.2, 0.25) is 0 Å². The molecule has 0 unspecified atom stereocenters. The molecular formula is C17H16FN3. The first-order chi connectivity index (χ1) is 10.2. The highest BCUT2D eigenvalue weighted by molar-refractivity contribution is 5.60. The number of aromatic nitrogens is 2. The average molecular weight is 281 g/mol. The van der Waals surface area contributed by atoms with E-state index in [1.807, 2.05) is 42.6 Å². The van der Waals surface area contributed by atoms with Gasteiger partial charge in [0.2, 0.25) is 0 Å². The van der Waals surface area contributed by atoms with Gasteiger partial charge in [0, 0.05) is 18.9 Å². The summed E-state index contributed by atoms with van der Waals surface area (Å²) in [6, 6.07) is 15.1. The van der Waals surface area contributed by atoms with E-state index in [-0.39, 0.29) is 5.82 Å². The van der Waals surface area contributed by atoms with E-state index in [2.05, 4.69) is 10.4 Å². The number of rotatable bonds is 4. The van der Waals surface area contributed by atoms with Gasteiger partial charge in [0.25, 0.3) is 0 Å². The van der Waals surface area contributed by atoms with E-state index in [1.165, 1.54) is 0 Å². The monoisotopic (exact) mass is 281 g/mol. The Hall–Kier alpha value is -2.62. The largest absolute Gasteiger partial charge is 0.379 e. The third kappa shape index (κ3) is 2.94. The highest BCUT2D eigenvalue weighted by Crippen LogP contribution is 2.20. The molecular weight excluding hydrogens is 265 g/mol. The molecule has 3 rings (SSSR count). The Balaban J connectivity index is 1.81. The Morgan fingerprint density at radius 3 is 2.76 bits per heavy atom. The molecule has 0 saturated heterocycles. The fraction of sp³-hybridized carbons (Fsp3) is 0.118. The van der Waals surface area contributed by atoms with E-state index in [1.54, 1.807) is 29.9 Å². The second-order valence-corrected chi connectivity index (χ2v) is 4.90. The van der Waals surface area contributed by atoms with E-state index in [9.17, 15) is 4.39 Å². The van der Waals surface area contributed by atoms with Crippen LogP contribution in [0.15, 0.2) is 60.9 Å². The fourth-order valence-corrected chi connectivity index (χ4v) is 2.18. The lowest BCUT2D eigenvalue weighted by Gasteiger charge is -2.12. The minimum atomic E-state index is -0.172. The Morgan fingerprint density at radius 2 is 2.00 bits per heavy atom. The number of hydrogen-bond donors (Lipinski definition) is 1. The van der Waals surface area contributed by atoms with Gasteiger partial charge in [-0.1, -0.05) is 24.3 Å². The van der Waals surface area contributed by atoms with Crippen molar-refractivity contribution in [2.24, 2.45) is 0 Å². The summed E-state index contributed by atoms with van der Waals surface area (Å²) >= 11 is 0. The Morgan fingerprint density at radius 1 is 1.14 bits per heavy atom. The maximum Gasteiger partial charge on any atom is 0.126 e. The van der Waals surface area contributed by atoms with Gasteiger partial charge in [-0.15, -0.1) is 0 Å². The topological polar surface area (TPSA) is 29.9 Å². The van der Waals surface area contributed by atoms with Gasteiger partial charge in [-0.2, -0.15) is 5.10 Å². The van der Waals surface area contributed by atoms with Crippen molar-refractivity contribution in [2.75, 3.05) is 5.32 Å². The van der Waals surface area contributed by atoms with Crippen LogP contribution in [0, 0.1) is 12.7 Å². The Bertz CT molecular complexity index is 736. The van der Waals surface area contributed by atoms with E-state index in [0.717, 1.165) is 16.9 Å². The second-order valence-electron chi connectivity index (χ2n) is 4.90. The summed E-state index contributed by atoms with van der Waals surface area (Å²) in [5, 5.41) is 7.58. The molecule has 0 saturated carbocycles. The van der Waals surface area contributed by atoms with Crippen LogP contribution in [0.1, 0.15) is 11.1 Å². The molecule has 4 heteroatoms. The molecule has 0 aliphatic heterocycles. The van der Waals surface area contributed by atoms with Crippen molar-refractivity contribution in [1.82, 2.24) is 9.78 Å². The van der Waals surface area contributed by atoms with E-state index in [4.69, 9.17) is 0 Å². The highest BCUT2D eigenvalue weighted by atomic mass is 19.1. The maximum atomic E-state index is 13.6. The second kappa shape index (κ2) is 5.79. The lowest BCUT2D eigenvalue weighted by Crippen LogP contribution is -2.05. The van der Waals surface area contributed by atoms with Crippen LogP contribution < -0.4 is 5.32 Å². The summed E-state index contributed by atoms with van der Waals surface area (Å²) < 4.78 is 15.4. The van der Waals surface area contributed by atoms with E-state index < -0.39 is 0 Å². The first kappa shape index (κ1) is 13.4. The van der Waals surface area contributed by atoms with Crippen LogP contribution in [0.3, 0.4) is 0 Å². The number of hydrogen-bond acceptors (Lipinski definition) is 2. The summed E-state index contributed by atoms with van der Waals surface area (Å²) in [6.45, 7) is 2.33. The van der Waals surface area contributed by atoms with Gasteiger partial charge >= 0.3 is 0 Å². The van der Waals surface area contributed by atoms with Gasteiger partial charge in [0.05, 0.1) is 11.4 Å². The molecule has 2 aromatic carbocycles. The lowest BCUT2D eigenvalue weighted by molar-refractivity contribution is 0.616. The lowest BCUT2D eigenvalue weighted by atomic mass is 10.1. The molecule has 1 heterocycles. The Kier molecular flexibility index (Phi) is 3.69. The molecule has 3 aromatic rings. The highest BCUT2D eigenvalue weighted by Gasteiger charge is 2.05. The fourth-order valence-electron chi connectivity index (χ4n) is 2.18. The van der Waals surface area contributed by atoms with Crippen LogP contribution in [-0.4, -0.2) is 9.78 Å². The van der Waals surface area contributed by atoms with Crippen molar-refractivity contribution in [3.8, 4) is 5.69 Å². The van der Waals surface area contributed by atoms with Crippen LogP contribution in [-0.2, 0) is 6.54 Å². The first-order valence-corrected chi connectivity index (χ1v) is 6.82. The molecule has 0 aliphatic rings. The standard InChI is InChI=1S/C17H16FN3/c1-13-7-8-14(11-15(13)18)12-19-16-5-2-3-6-17(16)21-10-4-9-20-21/h2-11,19H,12H2,1H3. The third-order valence-electron chi connectivity index (χ3n) is 3.37. The van der Waals surface area contributed by atoms with Crippen molar-refractivity contribution in [2.45, 2.75) is 13.5 Å². The van der Waals surface area contributed by atoms with Crippen molar-refractivity contribution in [3.05, 3.63) is 77.9 Å². The van der Waals surface area contributed by atoms with Gasteiger partial charge < -0.3 is 5.32 Å². The van der Waals surface area contributed by atoms with Crippen molar-refractivity contribution >= 4 is 5.69 Å². The third-order valence-corrected chi connectivity index (χ3v) is 3.37. The molecule has 0 aliphatic carbocycles. The zero-order chi connectivity index (χ0) is 14.7. The number of benzene rings is 2. The molecule has 21 heavy (non-hydrogen) atoms. The molecule has 0 fully saturated rings. The number of nitrogens with one attached hydrogen (secondary N) is 1. The van der Waals surface area contributed by atoms with E-state index >= 15 is 0 Å². The average Bonchev–Trinajstić information content (AvgIpc) is 3.03. The smallest absolute Gasteiger partial charge is 0.126 e. The molecule has 0 bridgehead atoms. The van der Waals surface area contributed by atoms with Crippen LogP contribution >= 0.6 is 0 Å².